The molecule has 58 heavy (non-hydrogen) atoms. The lowest BCUT2D eigenvalue weighted by atomic mass is 10.0. The van der Waals surface area contributed by atoms with Crippen LogP contribution in [-0.4, -0.2) is 21.7 Å². The molecule has 0 saturated heterocycles. The Labute approximate surface area is 335 Å². The minimum Gasteiger partial charge on any atom is -0.506 e. The van der Waals surface area contributed by atoms with E-state index >= 15 is 0 Å². The first-order valence-corrected chi connectivity index (χ1v) is 18.8. The zero-order valence-electron chi connectivity index (χ0n) is 31.6. The Morgan fingerprint density at radius 3 is 1.97 bits per heavy atom. The Bertz CT molecular complexity index is 2590. The second-order valence-corrected chi connectivity index (χ2v) is 13.4. The number of anilines is 4. The lowest BCUT2D eigenvalue weighted by molar-refractivity contribution is 0.125. The molecule has 0 aliphatic rings. The topological polar surface area (TPSA) is 130 Å². The molecule has 0 aliphatic heterocycles. The lowest BCUT2D eigenvalue weighted by Crippen LogP contribution is -2.09. The van der Waals surface area contributed by atoms with Crippen molar-refractivity contribution in [3.8, 4) is 17.2 Å². The molecule has 1 heterocycles. The average molecular weight is 766 g/mol. The molecule has 8 rings (SSSR count). The van der Waals surface area contributed by atoms with Crippen molar-refractivity contribution >= 4 is 51.3 Å². The third kappa shape index (κ3) is 9.18. The van der Waals surface area contributed by atoms with E-state index in [1.54, 1.807) is 25.1 Å². The van der Waals surface area contributed by atoms with Gasteiger partial charge in [0, 0.05) is 34.9 Å². The molecule has 0 spiro atoms. The summed E-state index contributed by atoms with van der Waals surface area (Å²) in [6, 6.07) is 54.1. The summed E-state index contributed by atoms with van der Waals surface area (Å²) < 4.78 is 5.48. The molecule has 0 atom stereocenters. The Morgan fingerprint density at radius 1 is 0.672 bits per heavy atom. The van der Waals surface area contributed by atoms with Gasteiger partial charge in [-0.1, -0.05) is 84.0 Å². The second kappa shape index (κ2) is 17.8. The van der Waals surface area contributed by atoms with Gasteiger partial charge in [0.1, 0.15) is 18.0 Å². The largest absolute Gasteiger partial charge is 0.506 e. The Hall–Kier alpha value is -7.79. The number of aromatic nitrogens is 2. The summed E-state index contributed by atoms with van der Waals surface area (Å²) >= 11 is 0. The van der Waals surface area contributed by atoms with Crippen molar-refractivity contribution in [3.63, 3.8) is 0 Å². The Morgan fingerprint density at radius 2 is 1.31 bits per heavy atom. The molecule has 2 N–H and O–H groups in total. The number of nitrogens with zero attached hydrogens (tertiary/aromatic N) is 6. The van der Waals surface area contributed by atoms with Crippen molar-refractivity contribution in [1.82, 2.24) is 10.2 Å². The van der Waals surface area contributed by atoms with Crippen molar-refractivity contribution in [1.29, 1.82) is 0 Å². The van der Waals surface area contributed by atoms with Gasteiger partial charge in [0.25, 0.3) is 0 Å². The van der Waals surface area contributed by atoms with E-state index in [0.29, 0.717) is 23.2 Å². The number of rotatable bonds is 15. The normalized spacial score (nSPS) is 11.3. The van der Waals surface area contributed by atoms with Gasteiger partial charge in [-0.15, -0.1) is 15.3 Å². The molecule has 0 bridgehead atoms. The first-order valence-electron chi connectivity index (χ1n) is 18.8. The standard InChI is InChI=1S/C47H39N7O4/c1-33-49-52-47(58-33)37-19-24-39(25-20-37)50-51-46-44-28-18-36(30-38(44)21-29-45(46)55)31-56-48-32-57-53-40-22-14-34(15-23-40)12-13-35-16-26-43(27-17-35)54(41-8-4-2-5-9-41)42-10-6-3-7-11-42/h2-11,14-30,32,53,55H,12-13,31H2,1H3/b48-32+,51-50?. The molecule has 0 radical (unpaired) electrons. The molecule has 11 heteroatoms. The summed E-state index contributed by atoms with van der Waals surface area (Å²) in [4.78, 5) is 13.1. The number of aromatic hydroxyl groups is 1. The van der Waals surface area contributed by atoms with Gasteiger partial charge in [-0.2, -0.15) is 5.11 Å². The minimum absolute atomic E-state index is 0.0268. The third-order valence-electron chi connectivity index (χ3n) is 9.40. The number of nitrogens with one attached hydrogen (secondary N) is 1. The van der Waals surface area contributed by atoms with E-state index in [2.05, 4.69) is 121 Å². The van der Waals surface area contributed by atoms with E-state index in [4.69, 9.17) is 14.1 Å². The maximum Gasteiger partial charge on any atom is 0.247 e. The quantitative estimate of drug-likeness (QED) is 0.0456. The molecule has 0 saturated carbocycles. The van der Waals surface area contributed by atoms with E-state index in [9.17, 15) is 5.11 Å². The van der Waals surface area contributed by atoms with Crippen molar-refractivity contribution in [2.45, 2.75) is 26.4 Å². The molecule has 0 amide bonds. The van der Waals surface area contributed by atoms with E-state index in [1.165, 1.54) is 17.5 Å². The number of para-hydroxylation sites is 2. The fraction of sp³-hybridized carbons (Fsp3) is 0.0851. The number of fused-ring (bicyclic) bond motifs is 1. The van der Waals surface area contributed by atoms with Crippen LogP contribution in [0.25, 0.3) is 22.2 Å². The fourth-order valence-electron chi connectivity index (χ4n) is 6.44. The number of azo groups is 1. The van der Waals surface area contributed by atoms with Gasteiger partial charge < -0.3 is 24.1 Å². The first kappa shape index (κ1) is 37.1. The predicted octanol–water partition coefficient (Wildman–Crippen LogP) is 12.1. The lowest BCUT2D eigenvalue weighted by Gasteiger charge is -2.25. The highest BCUT2D eigenvalue weighted by Gasteiger charge is 2.12. The predicted molar refractivity (Wildman–Crippen MR) is 227 cm³/mol. The molecule has 0 fully saturated rings. The molecule has 0 aliphatic carbocycles. The number of hydrogen-bond donors (Lipinski definition) is 2. The van der Waals surface area contributed by atoms with Crippen LogP contribution >= 0.6 is 0 Å². The number of benzene rings is 7. The molecule has 7 aromatic carbocycles. The molecule has 1 aromatic heterocycles. The van der Waals surface area contributed by atoms with E-state index in [-0.39, 0.29) is 12.4 Å². The number of phenolic OH excluding ortho intramolecular Hbond substituents is 1. The van der Waals surface area contributed by atoms with Gasteiger partial charge >= 0.3 is 0 Å². The fourth-order valence-corrected chi connectivity index (χ4v) is 6.44. The first-order chi connectivity index (χ1) is 28.6. The molecular formula is C47H39N7O4. The maximum atomic E-state index is 10.6. The number of oxime groups is 1. The van der Waals surface area contributed by atoms with Gasteiger partial charge in [0.2, 0.25) is 18.2 Å². The summed E-state index contributed by atoms with van der Waals surface area (Å²) in [5.74, 6) is 0.956. The van der Waals surface area contributed by atoms with Crippen LogP contribution in [0.3, 0.4) is 0 Å². The zero-order chi connectivity index (χ0) is 39.5. The number of phenols is 1. The third-order valence-corrected chi connectivity index (χ3v) is 9.40. The van der Waals surface area contributed by atoms with Crippen molar-refractivity contribution in [2.75, 3.05) is 10.4 Å². The Kier molecular flexibility index (Phi) is 11.4. The summed E-state index contributed by atoms with van der Waals surface area (Å²) in [6.45, 7) is 1.96. The smallest absolute Gasteiger partial charge is 0.247 e. The average Bonchev–Trinajstić information content (AvgIpc) is 3.71. The molecular weight excluding hydrogens is 727 g/mol. The zero-order valence-corrected chi connectivity index (χ0v) is 31.6. The Balaban J connectivity index is 0.793. The summed E-state index contributed by atoms with van der Waals surface area (Å²) in [5, 5.41) is 32.7. The van der Waals surface area contributed by atoms with Crippen molar-refractivity contribution in [2.24, 2.45) is 15.4 Å². The van der Waals surface area contributed by atoms with E-state index in [0.717, 1.165) is 57.5 Å². The van der Waals surface area contributed by atoms with E-state index < -0.39 is 0 Å². The minimum atomic E-state index is 0.0268. The molecule has 8 aromatic rings. The second-order valence-electron chi connectivity index (χ2n) is 13.4. The van der Waals surface area contributed by atoms with E-state index in [1.807, 2.05) is 60.7 Å². The van der Waals surface area contributed by atoms with Crippen LogP contribution in [0.1, 0.15) is 22.6 Å². The van der Waals surface area contributed by atoms with Gasteiger partial charge in [0.05, 0.1) is 11.4 Å². The molecule has 0 unspecified atom stereocenters. The summed E-state index contributed by atoms with van der Waals surface area (Å²) in [5.41, 5.74) is 12.2. The maximum absolute atomic E-state index is 10.6. The van der Waals surface area contributed by atoms with Crippen LogP contribution in [0.15, 0.2) is 184 Å². The van der Waals surface area contributed by atoms with Crippen LogP contribution in [0, 0.1) is 6.92 Å². The van der Waals surface area contributed by atoms with Crippen LogP contribution in [0.2, 0.25) is 0 Å². The van der Waals surface area contributed by atoms with Crippen LogP contribution in [-0.2, 0) is 29.1 Å². The highest BCUT2D eigenvalue weighted by atomic mass is 16.7. The van der Waals surface area contributed by atoms with Gasteiger partial charge in [-0.3, -0.25) is 0 Å². The van der Waals surface area contributed by atoms with Crippen molar-refractivity contribution in [3.05, 3.63) is 186 Å². The summed E-state index contributed by atoms with van der Waals surface area (Å²) in [6.07, 6.45) is 3.05. The SMILES string of the molecule is Cc1nnc(-c2ccc(N=Nc3c(O)ccc4cc(CO/N=C/ONc5ccc(CCc6ccc(N(c7ccccc7)c7ccccc7)cc6)cc5)ccc34)cc2)o1. The van der Waals surface area contributed by atoms with Gasteiger partial charge in [-0.05, 0) is 120 Å². The monoisotopic (exact) mass is 765 g/mol. The van der Waals surface area contributed by atoms with Gasteiger partial charge in [0.15, 0.2) is 0 Å². The van der Waals surface area contributed by atoms with Crippen LogP contribution < -0.4 is 10.4 Å². The van der Waals surface area contributed by atoms with Gasteiger partial charge in [-0.25, -0.2) is 5.48 Å². The molecule has 286 valence electrons. The van der Waals surface area contributed by atoms with Crippen molar-refractivity contribution < 1.29 is 19.2 Å². The van der Waals surface area contributed by atoms with Crippen LogP contribution in [0.5, 0.6) is 5.75 Å². The van der Waals surface area contributed by atoms with Crippen LogP contribution in [0.4, 0.5) is 34.1 Å². The molecule has 11 nitrogen and oxygen atoms in total. The highest BCUT2D eigenvalue weighted by molar-refractivity contribution is 5.95. The summed E-state index contributed by atoms with van der Waals surface area (Å²) in [7, 11) is 0. The number of aryl methyl sites for hydroxylation is 3. The highest BCUT2D eigenvalue weighted by Crippen LogP contribution is 2.37. The number of hydrogen-bond acceptors (Lipinski definition) is 11.